The van der Waals surface area contributed by atoms with Crippen molar-refractivity contribution in [3.63, 3.8) is 0 Å². The van der Waals surface area contributed by atoms with Crippen LogP contribution in [-0.2, 0) is 0 Å². The summed E-state index contributed by atoms with van der Waals surface area (Å²) in [5.74, 6) is -0.0452. The number of carbonyl (C=O) groups is 2. The first-order chi connectivity index (χ1) is 8.49. The molecule has 0 amide bonds. The molecule has 0 radical (unpaired) electrons. The Bertz CT molecular complexity index is 630. The number of hydrogen-bond donors (Lipinski definition) is 0. The lowest BCUT2D eigenvalue weighted by Gasteiger charge is -2.29. The molecule has 0 unspecified atom stereocenters. The van der Waals surface area contributed by atoms with Crippen LogP contribution in [0.4, 0.5) is 0 Å². The van der Waals surface area contributed by atoms with Gasteiger partial charge in [0.25, 0.3) is 0 Å². The second-order valence-corrected chi connectivity index (χ2v) is 5.57. The third-order valence-electron chi connectivity index (χ3n) is 3.56. The summed E-state index contributed by atoms with van der Waals surface area (Å²) in [6.45, 7) is 4.15. The summed E-state index contributed by atoms with van der Waals surface area (Å²) in [5.41, 5.74) is 2.17. The van der Waals surface area contributed by atoms with Crippen molar-refractivity contribution in [2.45, 2.75) is 20.3 Å². The van der Waals surface area contributed by atoms with Crippen molar-refractivity contribution in [3.8, 4) is 0 Å². The maximum atomic E-state index is 12.4. The van der Waals surface area contributed by atoms with Crippen LogP contribution in [0.2, 0.25) is 0 Å². The zero-order chi connectivity index (χ0) is 12.9. The van der Waals surface area contributed by atoms with Gasteiger partial charge in [-0.15, -0.1) is 0 Å². The SMILES string of the molecule is CC1(C)C=C2C(=O)c3ccccc3C(=O)C2=CC1. The normalized spacial score (nSPS) is 20.8. The molecule has 18 heavy (non-hydrogen) atoms. The fraction of sp³-hybridized carbons (Fsp3) is 0.250. The number of ketones is 2. The van der Waals surface area contributed by atoms with E-state index in [-0.39, 0.29) is 17.0 Å². The van der Waals surface area contributed by atoms with Crippen LogP contribution in [0, 0.1) is 5.41 Å². The molecule has 3 rings (SSSR count). The molecule has 0 N–H and O–H groups in total. The highest BCUT2D eigenvalue weighted by Crippen LogP contribution is 2.38. The molecule has 0 bridgehead atoms. The smallest absolute Gasteiger partial charge is 0.194 e. The first-order valence-corrected chi connectivity index (χ1v) is 6.11. The van der Waals surface area contributed by atoms with E-state index in [1.54, 1.807) is 24.3 Å². The highest BCUT2D eigenvalue weighted by molar-refractivity contribution is 6.31. The minimum atomic E-state index is -0.0545. The monoisotopic (exact) mass is 238 g/mol. The molecule has 1 aromatic rings. The average Bonchev–Trinajstić information content (AvgIpc) is 2.35. The Labute approximate surface area is 106 Å². The van der Waals surface area contributed by atoms with Gasteiger partial charge in [-0.05, 0) is 11.8 Å². The number of benzene rings is 1. The molecule has 2 heteroatoms. The van der Waals surface area contributed by atoms with Crippen molar-refractivity contribution in [2.24, 2.45) is 5.41 Å². The van der Waals surface area contributed by atoms with Crippen molar-refractivity contribution in [2.75, 3.05) is 0 Å². The Morgan fingerprint density at radius 2 is 1.50 bits per heavy atom. The van der Waals surface area contributed by atoms with Gasteiger partial charge in [0.1, 0.15) is 0 Å². The van der Waals surface area contributed by atoms with Gasteiger partial charge in [0, 0.05) is 22.3 Å². The van der Waals surface area contributed by atoms with Gasteiger partial charge in [0.2, 0.25) is 0 Å². The van der Waals surface area contributed by atoms with E-state index in [2.05, 4.69) is 13.8 Å². The Hall–Kier alpha value is -1.96. The highest BCUT2D eigenvalue weighted by Gasteiger charge is 2.35. The van der Waals surface area contributed by atoms with E-state index < -0.39 is 0 Å². The number of carbonyl (C=O) groups excluding carboxylic acids is 2. The van der Waals surface area contributed by atoms with E-state index in [1.807, 2.05) is 12.2 Å². The molecule has 2 aliphatic rings. The molecule has 1 aromatic carbocycles. The van der Waals surface area contributed by atoms with E-state index in [0.29, 0.717) is 22.3 Å². The molecular formula is C16H14O2. The summed E-state index contributed by atoms with van der Waals surface area (Å²) in [6, 6.07) is 7.06. The van der Waals surface area contributed by atoms with Gasteiger partial charge in [0.05, 0.1) is 0 Å². The van der Waals surface area contributed by atoms with Gasteiger partial charge in [-0.25, -0.2) is 0 Å². The van der Waals surface area contributed by atoms with Crippen LogP contribution in [0.3, 0.4) is 0 Å². The lowest BCUT2D eigenvalue weighted by molar-refractivity contribution is 0.0969. The fourth-order valence-electron chi connectivity index (χ4n) is 2.57. The lowest BCUT2D eigenvalue weighted by atomic mass is 9.73. The number of hydrogen-bond acceptors (Lipinski definition) is 2. The second kappa shape index (κ2) is 3.52. The fourth-order valence-corrected chi connectivity index (χ4v) is 2.57. The van der Waals surface area contributed by atoms with Crippen LogP contribution in [0.5, 0.6) is 0 Å². The van der Waals surface area contributed by atoms with Gasteiger partial charge in [-0.2, -0.15) is 0 Å². The van der Waals surface area contributed by atoms with Crippen LogP contribution < -0.4 is 0 Å². The summed E-state index contributed by atoms with van der Waals surface area (Å²) < 4.78 is 0. The summed E-state index contributed by atoms with van der Waals surface area (Å²) in [5, 5.41) is 0. The molecular weight excluding hydrogens is 224 g/mol. The molecule has 0 atom stereocenters. The van der Waals surface area contributed by atoms with Gasteiger partial charge in [-0.1, -0.05) is 50.3 Å². The lowest BCUT2D eigenvalue weighted by Crippen LogP contribution is -2.27. The maximum Gasteiger partial charge on any atom is 0.194 e. The van der Waals surface area contributed by atoms with Gasteiger partial charge in [0.15, 0.2) is 11.6 Å². The van der Waals surface area contributed by atoms with Crippen LogP contribution in [0.25, 0.3) is 0 Å². The predicted octanol–water partition coefficient (Wildman–Crippen LogP) is 3.35. The molecule has 0 aromatic heterocycles. The molecule has 0 saturated carbocycles. The molecule has 0 fully saturated rings. The van der Waals surface area contributed by atoms with Crippen LogP contribution in [0.1, 0.15) is 41.0 Å². The Balaban J connectivity index is 2.25. The summed E-state index contributed by atoms with van der Waals surface area (Å²) in [7, 11) is 0. The average molecular weight is 238 g/mol. The molecule has 2 nitrogen and oxygen atoms in total. The third kappa shape index (κ3) is 1.49. The molecule has 2 aliphatic carbocycles. The topological polar surface area (TPSA) is 34.1 Å². The molecule has 0 aliphatic heterocycles. The zero-order valence-corrected chi connectivity index (χ0v) is 10.5. The molecule has 0 heterocycles. The first-order valence-electron chi connectivity index (χ1n) is 6.11. The maximum absolute atomic E-state index is 12.4. The van der Waals surface area contributed by atoms with Gasteiger partial charge >= 0.3 is 0 Å². The minimum Gasteiger partial charge on any atom is -0.289 e. The number of Topliss-reactive ketones (excluding diaryl/α,β-unsaturated/α-hetero) is 2. The van der Waals surface area contributed by atoms with Gasteiger partial charge in [-0.3, -0.25) is 9.59 Å². The Morgan fingerprint density at radius 1 is 0.944 bits per heavy atom. The highest BCUT2D eigenvalue weighted by atomic mass is 16.1. The third-order valence-corrected chi connectivity index (χ3v) is 3.56. The standard InChI is InChI=1S/C16H14O2/c1-16(2)8-7-12-13(9-16)15(18)11-6-4-3-5-10(11)14(12)17/h3-7,9H,8H2,1-2H3. The van der Waals surface area contributed by atoms with Crippen LogP contribution in [0.15, 0.2) is 47.6 Å². The number of allylic oxidation sites excluding steroid dienone is 4. The zero-order valence-electron chi connectivity index (χ0n) is 10.5. The van der Waals surface area contributed by atoms with Crippen molar-refractivity contribution >= 4 is 11.6 Å². The molecule has 0 spiro atoms. The summed E-state index contributed by atoms with van der Waals surface area (Å²) in [6.07, 6.45) is 4.65. The largest absolute Gasteiger partial charge is 0.289 e. The summed E-state index contributed by atoms with van der Waals surface area (Å²) >= 11 is 0. The Morgan fingerprint density at radius 3 is 2.11 bits per heavy atom. The second-order valence-electron chi connectivity index (χ2n) is 5.57. The van der Waals surface area contributed by atoms with Crippen LogP contribution >= 0.6 is 0 Å². The Kier molecular flexibility index (Phi) is 2.18. The van der Waals surface area contributed by atoms with Crippen molar-refractivity contribution in [1.82, 2.24) is 0 Å². The molecule has 90 valence electrons. The van der Waals surface area contributed by atoms with E-state index in [9.17, 15) is 9.59 Å². The van der Waals surface area contributed by atoms with Crippen LogP contribution in [-0.4, -0.2) is 11.6 Å². The predicted molar refractivity (Wildman–Crippen MR) is 69.7 cm³/mol. The molecule has 0 saturated heterocycles. The minimum absolute atomic E-state index is 0.0213. The van der Waals surface area contributed by atoms with E-state index in [0.717, 1.165) is 6.42 Å². The quantitative estimate of drug-likeness (QED) is 0.694. The van der Waals surface area contributed by atoms with E-state index >= 15 is 0 Å². The summed E-state index contributed by atoms with van der Waals surface area (Å²) in [4.78, 5) is 24.8. The van der Waals surface area contributed by atoms with Crippen molar-refractivity contribution in [3.05, 3.63) is 58.7 Å². The van der Waals surface area contributed by atoms with Crippen molar-refractivity contribution < 1.29 is 9.59 Å². The first kappa shape index (κ1) is 11.1. The number of rotatable bonds is 0. The van der Waals surface area contributed by atoms with E-state index in [1.165, 1.54) is 0 Å². The van der Waals surface area contributed by atoms with Crippen molar-refractivity contribution in [1.29, 1.82) is 0 Å². The van der Waals surface area contributed by atoms with Gasteiger partial charge < -0.3 is 0 Å². The number of fused-ring (bicyclic) bond motifs is 2. The van der Waals surface area contributed by atoms with E-state index in [4.69, 9.17) is 0 Å².